The van der Waals surface area contributed by atoms with Gasteiger partial charge in [0.1, 0.15) is 0 Å². The zero-order valence-corrected chi connectivity index (χ0v) is 11.6. The summed E-state index contributed by atoms with van der Waals surface area (Å²) in [6, 6.07) is 1.25. The van der Waals surface area contributed by atoms with Crippen molar-refractivity contribution in [3.05, 3.63) is 11.7 Å². The Kier molecular flexibility index (Phi) is 4.72. The van der Waals surface area contributed by atoms with Gasteiger partial charge in [-0.1, -0.05) is 12.1 Å². The van der Waals surface area contributed by atoms with Crippen LogP contribution in [0.1, 0.15) is 44.8 Å². The van der Waals surface area contributed by atoms with Gasteiger partial charge < -0.3 is 9.84 Å². The molecule has 1 saturated heterocycles. The lowest BCUT2D eigenvalue weighted by atomic mass is 9.98. The molecule has 2 atom stereocenters. The molecule has 0 aliphatic carbocycles. The summed E-state index contributed by atoms with van der Waals surface area (Å²) in [7, 11) is 0. The van der Waals surface area contributed by atoms with Crippen molar-refractivity contribution >= 4 is 0 Å². The summed E-state index contributed by atoms with van der Waals surface area (Å²) >= 11 is 0. The first kappa shape index (κ1) is 13.5. The Labute approximate surface area is 109 Å². The van der Waals surface area contributed by atoms with E-state index in [4.69, 9.17) is 4.52 Å². The van der Waals surface area contributed by atoms with Crippen LogP contribution in [0, 0.1) is 6.92 Å². The van der Waals surface area contributed by atoms with Gasteiger partial charge in [-0.25, -0.2) is 0 Å². The van der Waals surface area contributed by atoms with Crippen molar-refractivity contribution in [2.75, 3.05) is 13.1 Å². The molecule has 1 aliphatic rings. The highest BCUT2D eigenvalue weighted by Crippen LogP contribution is 2.19. The van der Waals surface area contributed by atoms with Crippen LogP contribution in [0.2, 0.25) is 0 Å². The van der Waals surface area contributed by atoms with E-state index >= 15 is 0 Å². The van der Waals surface area contributed by atoms with Gasteiger partial charge in [0.25, 0.3) is 0 Å². The lowest BCUT2D eigenvalue weighted by Gasteiger charge is -2.37. The topological polar surface area (TPSA) is 54.2 Å². The third kappa shape index (κ3) is 3.53. The monoisotopic (exact) mass is 252 g/mol. The van der Waals surface area contributed by atoms with Gasteiger partial charge in [-0.05, 0) is 32.7 Å². The van der Waals surface area contributed by atoms with Gasteiger partial charge >= 0.3 is 0 Å². The molecule has 1 N–H and O–H groups in total. The molecule has 0 amide bonds. The Morgan fingerprint density at radius 3 is 2.94 bits per heavy atom. The van der Waals surface area contributed by atoms with E-state index in [1.54, 1.807) is 0 Å². The number of hydrogen-bond acceptors (Lipinski definition) is 5. The van der Waals surface area contributed by atoms with Crippen LogP contribution >= 0.6 is 0 Å². The molecular formula is C13H24N4O. The molecule has 0 bridgehead atoms. The number of aryl methyl sites for hydroxylation is 1. The van der Waals surface area contributed by atoms with Crippen LogP contribution in [-0.4, -0.2) is 40.2 Å². The Hall–Kier alpha value is -0.940. The number of rotatable bonds is 5. The Bertz CT molecular complexity index is 366. The quantitative estimate of drug-likeness (QED) is 0.865. The summed E-state index contributed by atoms with van der Waals surface area (Å²) in [5.41, 5.74) is 0. The van der Waals surface area contributed by atoms with E-state index in [0.717, 1.165) is 25.5 Å². The Morgan fingerprint density at radius 1 is 1.50 bits per heavy atom. The van der Waals surface area contributed by atoms with Crippen molar-refractivity contribution in [1.82, 2.24) is 20.4 Å². The number of hydrogen-bond donors (Lipinski definition) is 1. The van der Waals surface area contributed by atoms with Crippen LogP contribution in [0.4, 0.5) is 0 Å². The zero-order valence-electron chi connectivity index (χ0n) is 11.6. The van der Waals surface area contributed by atoms with Gasteiger partial charge in [0.2, 0.25) is 5.89 Å². The highest BCUT2D eigenvalue weighted by molar-refractivity contribution is 4.89. The Morgan fingerprint density at radius 2 is 2.33 bits per heavy atom. The highest BCUT2D eigenvalue weighted by Gasteiger charge is 2.25. The largest absolute Gasteiger partial charge is 0.340 e. The fraction of sp³-hybridized carbons (Fsp3) is 0.846. The van der Waals surface area contributed by atoms with Crippen LogP contribution < -0.4 is 5.32 Å². The van der Waals surface area contributed by atoms with Crippen LogP contribution in [-0.2, 0) is 6.54 Å². The third-order valence-corrected chi connectivity index (χ3v) is 3.61. The molecule has 2 heterocycles. The summed E-state index contributed by atoms with van der Waals surface area (Å²) in [5, 5.41) is 7.58. The lowest BCUT2D eigenvalue weighted by Crippen LogP contribution is -2.47. The second kappa shape index (κ2) is 6.29. The molecular weight excluding hydrogens is 228 g/mol. The van der Waals surface area contributed by atoms with Crippen molar-refractivity contribution in [3.8, 4) is 0 Å². The average Bonchev–Trinajstić information content (AvgIpc) is 2.75. The van der Waals surface area contributed by atoms with Crippen molar-refractivity contribution in [2.45, 2.75) is 58.7 Å². The normalized spacial score (nSPS) is 25.5. The summed E-state index contributed by atoms with van der Waals surface area (Å²) in [4.78, 5) is 6.71. The number of nitrogens with one attached hydrogen (secondary N) is 1. The zero-order chi connectivity index (χ0) is 13.0. The van der Waals surface area contributed by atoms with Gasteiger partial charge in [-0.15, -0.1) is 0 Å². The van der Waals surface area contributed by atoms with Gasteiger partial charge in [0, 0.05) is 25.6 Å². The number of nitrogens with zero attached hydrogens (tertiary/aromatic N) is 3. The first-order valence-corrected chi connectivity index (χ1v) is 6.95. The van der Waals surface area contributed by atoms with Crippen molar-refractivity contribution < 1.29 is 4.52 Å². The van der Waals surface area contributed by atoms with Crippen LogP contribution in [0.25, 0.3) is 0 Å². The third-order valence-electron chi connectivity index (χ3n) is 3.61. The maximum atomic E-state index is 5.02. The Balaban J connectivity index is 1.82. The maximum absolute atomic E-state index is 5.02. The first-order chi connectivity index (χ1) is 8.69. The summed E-state index contributed by atoms with van der Waals surface area (Å²) < 4.78 is 5.02. The standard InChI is InChI=1S/C13H24N4O/c1-4-6-14-12-5-7-17(10(2)8-12)9-13-15-11(3)18-16-13/h10,12,14H,4-9H2,1-3H3. The molecule has 102 valence electrons. The summed E-state index contributed by atoms with van der Waals surface area (Å²) in [6.07, 6.45) is 3.62. The SMILES string of the molecule is CCCNC1CCN(Cc2noc(C)n2)C(C)C1. The lowest BCUT2D eigenvalue weighted by molar-refractivity contribution is 0.124. The van der Waals surface area contributed by atoms with Gasteiger partial charge in [0.05, 0.1) is 6.54 Å². The molecule has 1 aromatic rings. The highest BCUT2D eigenvalue weighted by atomic mass is 16.5. The smallest absolute Gasteiger partial charge is 0.223 e. The van der Waals surface area contributed by atoms with Crippen molar-refractivity contribution in [1.29, 1.82) is 0 Å². The average molecular weight is 252 g/mol. The molecule has 18 heavy (non-hydrogen) atoms. The van der Waals surface area contributed by atoms with Crippen molar-refractivity contribution in [2.24, 2.45) is 0 Å². The minimum absolute atomic E-state index is 0.576. The molecule has 0 saturated carbocycles. The minimum Gasteiger partial charge on any atom is -0.340 e. The van der Waals surface area contributed by atoms with Gasteiger partial charge in [-0.3, -0.25) is 4.90 Å². The van der Waals surface area contributed by atoms with Crippen LogP contribution in [0.5, 0.6) is 0 Å². The van der Waals surface area contributed by atoms with E-state index in [9.17, 15) is 0 Å². The van der Waals surface area contributed by atoms with E-state index < -0.39 is 0 Å². The second-order valence-corrected chi connectivity index (χ2v) is 5.22. The number of aromatic nitrogens is 2. The van der Waals surface area contributed by atoms with Crippen LogP contribution in [0.15, 0.2) is 4.52 Å². The molecule has 0 radical (unpaired) electrons. The minimum atomic E-state index is 0.576. The van der Waals surface area contributed by atoms with Gasteiger partial charge in [0.15, 0.2) is 5.82 Å². The fourth-order valence-electron chi connectivity index (χ4n) is 2.58. The summed E-state index contributed by atoms with van der Waals surface area (Å²) in [5.74, 6) is 1.46. The number of piperidine rings is 1. The molecule has 1 fully saturated rings. The molecule has 5 heteroatoms. The summed E-state index contributed by atoms with van der Waals surface area (Å²) in [6.45, 7) is 9.37. The van der Waals surface area contributed by atoms with Crippen molar-refractivity contribution in [3.63, 3.8) is 0 Å². The predicted octanol–water partition coefficient (Wildman–Crippen LogP) is 1.73. The molecule has 1 aromatic heterocycles. The molecule has 5 nitrogen and oxygen atoms in total. The molecule has 2 rings (SSSR count). The fourth-order valence-corrected chi connectivity index (χ4v) is 2.58. The maximum Gasteiger partial charge on any atom is 0.223 e. The number of likely N-dealkylation sites (tertiary alicyclic amines) is 1. The molecule has 2 unspecified atom stereocenters. The molecule has 0 spiro atoms. The van der Waals surface area contributed by atoms with E-state index in [1.807, 2.05) is 6.92 Å². The van der Waals surface area contributed by atoms with E-state index in [1.165, 1.54) is 19.3 Å². The molecule has 0 aromatic carbocycles. The predicted molar refractivity (Wildman–Crippen MR) is 70.2 cm³/mol. The van der Waals surface area contributed by atoms with Crippen LogP contribution in [0.3, 0.4) is 0 Å². The van der Waals surface area contributed by atoms with E-state index in [2.05, 4.69) is 34.2 Å². The second-order valence-electron chi connectivity index (χ2n) is 5.22. The van der Waals surface area contributed by atoms with E-state index in [-0.39, 0.29) is 0 Å². The first-order valence-electron chi connectivity index (χ1n) is 6.95. The molecule has 1 aliphatic heterocycles. The van der Waals surface area contributed by atoms with Gasteiger partial charge in [-0.2, -0.15) is 4.98 Å². The van der Waals surface area contributed by atoms with E-state index in [0.29, 0.717) is 18.0 Å².